The minimum Gasteiger partial charge on any atom is -0.275 e. The molecule has 1 nitrogen and oxygen atoms in total. The SMILES string of the molecule is CCC(C)(CC)CCCCP=O.[SiH4].c1ccc2c(c1)Cc1ccccc1-2. The van der Waals surface area contributed by atoms with Crippen LogP contribution in [0.4, 0.5) is 0 Å². The summed E-state index contributed by atoms with van der Waals surface area (Å²) in [6.45, 7) is 6.87. The van der Waals surface area contributed by atoms with Crippen molar-refractivity contribution in [1.82, 2.24) is 0 Å². The van der Waals surface area contributed by atoms with Crippen LogP contribution in [0.3, 0.4) is 0 Å². The van der Waals surface area contributed by atoms with Gasteiger partial charge in [0.25, 0.3) is 0 Å². The maximum absolute atomic E-state index is 10.2. The maximum Gasteiger partial charge on any atom is 0.155 e. The van der Waals surface area contributed by atoms with E-state index in [1.54, 1.807) is 0 Å². The van der Waals surface area contributed by atoms with Gasteiger partial charge < -0.3 is 0 Å². The number of fused-ring (bicyclic) bond motifs is 3. The predicted octanol–water partition coefficient (Wildman–Crippen LogP) is 6.08. The Morgan fingerprint density at radius 2 is 1.38 bits per heavy atom. The fraction of sp³-hybridized carbons (Fsp3) is 0.478. The normalized spacial score (nSPS) is 11.8. The van der Waals surface area contributed by atoms with Gasteiger partial charge in [-0.15, -0.1) is 0 Å². The molecule has 0 heterocycles. The second-order valence-corrected chi connectivity index (χ2v) is 8.02. The van der Waals surface area contributed by atoms with E-state index in [1.165, 1.54) is 47.9 Å². The molecule has 0 fully saturated rings. The molecule has 0 saturated heterocycles. The summed E-state index contributed by atoms with van der Waals surface area (Å²) in [4.78, 5) is 0. The van der Waals surface area contributed by atoms with E-state index >= 15 is 0 Å². The standard InChI is InChI=1S/C13H10.C10H21OP.H4Si/c1-3-7-12-10(5-1)9-11-6-2-4-8-13(11)12;1-4-10(3,5-2)8-6-7-9-12-11;/h1-8H,9H2;4-9H2,1-3H3;1H4. The lowest BCUT2D eigenvalue weighted by Gasteiger charge is -2.26. The number of hydrogen-bond donors (Lipinski definition) is 0. The summed E-state index contributed by atoms with van der Waals surface area (Å²) in [6.07, 6.45) is 8.09. The third kappa shape index (κ3) is 6.18. The third-order valence-corrected chi connectivity index (χ3v) is 6.19. The summed E-state index contributed by atoms with van der Waals surface area (Å²) >= 11 is 0. The molecule has 26 heavy (non-hydrogen) atoms. The van der Waals surface area contributed by atoms with Crippen LogP contribution in [0.5, 0.6) is 0 Å². The van der Waals surface area contributed by atoms with Crippen LogP contribution in [0.2, 0.25) is 0 Å². The van der Waals surface area contributed by atoms with Crippen LogP contribution in [0.15, 0.2) is 48.5 Å². The van der Waals surface area contributed by atoms with Crippen LogP contribution in [0, 0.1) is 5.41 Å². The molecular formula is C23H35OPSi. The van der Waals surface area contributed by atoms with Gasteiger partial charge in [-0.25, -0.2) is 0 Å². The topological polar surface area (TPSA) is 17.1 Å². The van der Waals surface area contributed by atoms with E-state index in [2.05, 4.69) is 69.3 Å². The molecule has 0 N–H and O–H groups in total. The van der Waals surface area contributed by atoms with E-state index in [0.29, 0.717) is 13.9 Å². The Balaban J connectivity index is 0.000000252. The van der Waals surface area contributed by atoms with Crippen LogP contribution in [0.25, 0.3) is 11.1 Å². The van der Waals surface area contributed by atoms with Crippen LogP contribution < -0.4 is 0 Å². The van der Waals surface area contributed by atoms with Gasteiger partial charge in [-0.2, -0.15) is 0 Å². The molecule has 0 saturated carbocycles. The third-order valence-electron chi connectivity index (χ3n) is 5.69. The highest BCUT2D eigenvalue weighted by atomic mass is 31.1. The average molecular weight is 387 g/mol. The van der Waals surface area contributed by atoms with Gasteiger partial charge >= 0.3 is 0 Å². The summed E-state index contributed by atoms with van der Waals surface area (Å²) in [6, 6.07) is 17.3. The highest BCUT2D eigenvalue weighted by Gasteiger charge is 2.18. The molecule has 0 bridgehead atoms. The first-order valence-electron chi connectivity index (χ1n) is 9.59. The van der Waals surface area contributed by atoms with Gasteiger partial charge in [-0.1, -0.05) is 88.6 Å². The lowest BCUT2D eigenvalue weighted by molar-refractivity contribution is 0.265. The smallest absolute Gasteiger partial charge is 0.155 e. The molecule has 3 heteroatoms. The van der Waals surface area contributed by atoms with Crippen molar-refractivity contribution in [2.45, 2.75) is 59.3 Å². The Hall–Kier alpha value is -1.24. The molecule has 1 aliphatic rings. The highest BCUT2D eigenvalue weighted by Crippen LogP contribution is 2.35. The van der Waals surface area contributed by atoms with Gasteiger partial charge in [-0.05, 0) is 57.9 Å². The number of unbranched alkanes of at least 4 members (excludes halogenated alkanes) is 1. The summed E-state index contributed by atoms with van der Waals surface area (Å²) in [5.41, 5.74) is 6.28. The van der Waals surface area contributed by atoms with Crippen molar-refractivity contribution in [1.29, 1.82) is 0 Å². The molecule has 3 rings (SSSR count). The zero-order valence-corrected chi connectivity index (χ0v) is 16.8. The molecule has 0 unspecified atom stereocenters. The van der Waals surface area contributed by atoms with Gasteiger partial charge in [0.15, 0.2) is 8.46 Å². The van der Waals surface area contributed by atoms with Gasteiger partial charge in [0.2, 0.25) is 0 Å². The first-order chi connectivity index (χ1) is 12.1. The van der Waals surface area contributed by atoms with E-state index in [4.69, 9.17) is 0 Å². The molecular weight excluding hydrogens is 351 g/mol. The van der Waals surface area contributed by atoms with Crippen molar-refractivity contribution < 1.29 is 4.57 Å². The van der Waals surface area contributed by atoms with E-state index in [9.17, 15) is 4.57 Å². The minimum absolute atomic E-state index is 0. The molecule has 0 amide bonds. The Kier molecular flexibility index (Phi) is 10.1. The number of rotatable bonds is 7. The fourth-order valence-electron chi connectivity index (χ4n) is 3.41. The highest BCUT2D eigenvalue weighted by molar-refractivity contribution is 7.23. The summed E-state index contributed by atoms with van der Waals surface area (Å²) in [5, 5.41) is 0. The summed E-state index contributed by atoms with van der Waals surface area (Å²) in [5.74, 6) is 0. The molecule has 2 aromatic carbocycles. The van der Waals surface area contributed by atoms with Gasteiger partial charge in [-0.3, -0.25) is 4.57 Å². The van der Waals surface area contributed by atoms with Crippen molar-refractivity contribution in [3.05, 3.63) is 59.7 Å². The quantitative estimate of drug-likeness (QED) is 0.273. The molecule has 0 aliphatic heterocycles. The second kappa shape index (κ2) is 11.5. The monoisotopic (exact) mass is 386 g/mol. The average Bonchev–Trinajstić information content (AvgIpc) is 3.04. The van der Waals surface area contributed by atoms with E-state index < -0.39 is 0 Å². The van der Waals surface area contributed by atoms with Gasteiger partial charge in [0, 0.05) is 6.16 Å². The Morgan fingerprint density at radius 1 is 0.885 bits per heavy atom. The minimum atomic E-state index is 0. The van der Waals surface area contributed by atoms with E-state index in [0.717, 1.165) is 19.0 Å². The molecule has 0 atom stereocenters. The van der Waals surface area contributed by atoms with Crippen LogP contribution in [-0.2, 0) is 11.0 Å². The Labute approximate surface area is 165 Å². The fourth-order valence-corrected chi connectivity index (χ4v) is 3.76. The van der Waals surface area contributed by atoms with Gasteiger partial charge in [0.1, 0.15) is 0 Å². The first-order valence-corrected chi connectivity index (χ1v) is 10.6. The Morgan fingerprint density at radius 3 is 1.85 bits per heavy atom. The lowest BCUT2D eigenvalue weighted by atomic mass is 9.80. The molecule has 0 radical (unpaired) electrons. The lowest BCUT2D eigenvalue weighted by Crippen LogP contribution is -2.13. The van der Waals surface area contributed by atoms with Gasteiger partial charge in [0.05, 0.1) is 0 Å². The van der Waals surface area contributed by atoms with Crippen molar-refractivity contribution in [2.75, 3.05) is 6.16 Å². The van der Waals surface area contributed by atoms with E-state index in [-0.39, 0.29) is 11.0 Å². The zero-order valence-electron chi connectivity index (χ0n) is 15.9. The van der Waals surface area contributed by atoms with Crippen LogP contribution in [0.1, 0.15) is 64.0 Å². The first kappa shape index (κ1) is 22.8. The largest absolute Gasteiger partial charge is 0.275 e. The maximum atomic E-state index is 10.2. The van der Waals surface area contributed by atoms with Crippen molar-refractivity contribution in [2.24, 2.45) is 5.41 Å². The van der Waals surface area contributed by atoms with Crippen molar-refractivity contribution in [3.8, 4) is 11.1 Å². The molecule has 2 aromatic rings. The zero-order chi connectivity index (χ0) is 18.1. The van der Waals surface area contributed by atoms with E-state index in [1.807, 2.05) is 0 Å². The molecule has 0 spiro atoms. The predicted molar refractivity (Wildman–Crippen MR) is 121 cm³/mol. The number of hydrogen-bond acceptors (Lipinski definition) is 1. The number of benzene rings is 2. The van der Waals surface area contributed by atoms with Crippen molar-refractivity contribution >= 4 is 19.4 Å². The second-order valence-electron chi connectivity index (χ2n) is 7.32. The summed E-state index contributed by atoms with van der Waals surface area (Å²) in [7, 11) is 0.310. The van der Waals surface area contributed by atoms with Crippen LogP contribution in [-0.4, -0.2) is 17.1 Å². The Bertz CT molecular complexity index is 636. The summed E-state index contributed by atoms with van der Waals surface area (Å²) < 4.78 is 10.2. The van der Waals surface area contributed by atoms with Crippen LogP contribution >= 0.6 is 8.46 Å². The molecule has 142 valence electrons. The molecule has 1 aliphatic carbocycles. The molecule has 0 aromatic heterocycles. The van der Waals surface area contributed by atoms with Crippen molar-refractivity contribution in [3.63, 3.8) is 0 Å².